The molecular formula is C18H22N4O3. The van der Waals surface area contributed by atoms with Crippen LogP contribution in [0.1, 0.15) is 30.2 Å². The number of hydrogen-bond donors (Lipinski definition) is 2. The summed E-state index contributed by atoms with van der Waals surface area (Å²) in [7, 11) is 0. The van der Waals surface area contributed by atoms with Gasteiger partial charge in [0.25, 0.3) is 0 Å². The van der Waals surface area contributed by atoms with Crippen LogP contribution in [-0.4, -0.2) is 53.4 Å². The van der Waals surface area contributed by atoms with E-state index < -0.39 is 6.04 Å². The number of carbonyl (C=O) groups excluding carboxylic acids is 3. The number of benzene rings is 1. The van der Waals surface area contributed by atoms with Crippen molar-refractivity contribution in [2.45, 2.75) is 19.9 Å². The van der Waals surface area contributed by atoms with E-state index in [0.717, 1.165) is 10.9 Å². The Morgan fingerprint density at radius 2 is 2.08 bits per heavy atom. The molecule has 1 aromatic heterocycles. The number of nitrogens with zero attached hydrogens (tertiary/aromatic N) is 2. The Morgan fingerprint density at radius 3 is 2.76 bits per heavy atom. The second kappa shape index (κ2) is 6.96. The van der Waals surface area contributed by atoms with Gasteiger partial charge in [-0.15, -0.1) is 0 Å². The lowest BCUT2D eigenvalue weighted by Crippen LogP contribution is -2.38. The van der Waals surface area contributed by atoms with Crippen molar-refractivity contribution in [1.82, 2.24) is 20.1 Å². The smallest absolute Gasteiger partial charge is 0.317 e. The van der Waals surface area contributed by atoms with E-state index in [1.165, 1.54) is 6.92 Å². The molecule has 0 radical (unpaired) electrons. The Balaban J connectivity index is 1.71. The average Bonchev–Trinajstić information content (AvgIpc) is 3.18. The molecule has 2 aromatic rings. The van der Waals surface area contributed by atoms with E-state index in [0.29, 0.717) is 31.7 Å². The van der Waals surface area contributed by atoms with Crippen molar-refractivity contribution in [3.63, 3.8) is 0 Å². The molecule has 0 aliphatic carbocycles. The molecule has 2 N–H and O–H groups in total. The molecule has 1 fully saturated rings. The Morgan fingerprint density at radius 1 is 1.32 bits per heavy atom. The highest BCUT2D eigenvalue weighted by Crippen LogP contribution is 2.25. The van der Waals surface area contributed by atoms with Crippen LogP contribution >= 0.6 is 0 Å². The molecular weight excluding hydrogens is 320 g/mol. The molecule has 25 heavy (non-hydrogen) atoms. The molecule has 7 nitrogen and oxygen atoms in total. The average molecular weight is 342 g/mol. The molecule has 1 aromatic carbocycles. The Hall–Kier alpha value is -2.83. The normalized spacial score (nSPS) is 15.3. The van der Waals surface area contributed by atoms with Gasteiger partial charge in [-0.1, -0.05) is 18.2 Å². The third-order valence-corrected chi connectivity index (χ3v) is 4.54. The zero-order valence-corrected chi connectivity index (χ0v) is 14.4. The largest absolute Gasteiger partial charge is 0.353 e. The number of rotatable bonds is 6. The van der Waals surface area contributed by atoms with E-state index in [1.54, 1.807) is 18.0 Å². The second-order valence-electron chi connectivity index (χ2n) is 6.21. The molecule has 1 saturated heterocycles. The van der Waals surface area contributed by atoms with Crippen LogP contribution in [0.15, 0.2) is 30.5 Å². The summed E-state index contributed by atoms with van der Waals surface area (Å²) in [5.41, 5.74) is 1.47. The molecule has 1 unspecified atom stereocenters. The third kappa shape index (κ3) is 3.35. The molecule has 1 aliphatic heterocycles. The van der Waals surface area contributed by atoms with Crippen LogP contribution in [0.2, 0.25) is 0 Å². The van der Waals surface area contributed by atoms with Gasteiger partial charge in [-0.3, -0.25) is 9.59 Å². The van der Waals surface area contributed by atoms with Gasteiger partial charge in [-0.25, -0.2) is 4.79 Å². The van der Waals surface area contributed by atoms with Gasteiger partial charge in [-0.2, -0.15) is 0 Å². The first kappa shape index (κ1) is 17.0. The summed E-state index contributed by atoms with van der Waals surface area (Å²) in [6.45, 7) is 5.51. The van der Waals surface area contributed by atoms with Gasteiger partial charge in [0.1, 0.15) is 6.04 Å². The maximum Gasteiger partial charge on any atom is 0.317 e. The van der Waals surface area contributed by atoms with Crippen LogP contribution < -0.4 is 10.6 Å². The first-order valence-electron chi connectivity index (χ1n) is 8.40. The van der Waals surface area contributed by atoms with Crippen LogP contribution in [0.25, 0.3) is 10.9 Å². The highest BCUT2D eigenvalue weighted by molar-refractivity contribution is 6.07. The number of urea groups is 1. The van der Waals surface area contributed by atoms with Crippen LogP contribution in [0.3, 0.4) is 0 Å². The van der Waals surface area contributed by atoms with E-state index in [9.17, 15) is 14.4 Å². The molecule has 0 saturated carbocycles. The zero-order valence-electron chi connectivity index (χ0n) is 14.4. The van der Waals surface area contributed by atoms with Gasteiger partial charge in [0, 0.05) is 48.8 Å². The van der Waals surface area contributed by atoms with E-state index in [4.69, 9.17) is 0 Å². The van der Waals surface area contributed by atoms with Crippen molar-refractivity contribution < 1.29 is 14.4 Å². The van der Waals surface area contributed by atoms with E-state index in [1.807, 2.05) is 28.8 Å². The predicted octanol–water partition coefficient (Wildman–Crippen LogP) is 1.55. The molecule has 1 atom stereocenters. The summed E-state index contributed by atoms with van der Waals surface area (Å²) >= 11 is 0. The van der Waals surface area contributed by atoms with Crippen molar-refractivity contribution in [1.29, 1.82) is 0 Å². The minimum absolute atomic E-state index is 0.0254. The summed E-state index contributed by atoms with van der Waals surface area (Å²) in [4.78, 5) is 37.5. The lowest BCUT2D eigenvalue weighted by molar-refractivity contribution is -0.123. The highest BCUT2D eigenvalue weighted by Gasteiger charge is 2.22. The minimum Gasteiger partial charge on any atom is -0.353 e. The number of para-hydroxylation sites is 1. The summed E-state index contributed by atoms with van der Waals surface area (Å²) < 4.78 is 1.82. The number of ketones is 1. The van der Waals surface area contributed by atoms with E-state index in [-0.39, 0.29) is 17.7 Å². The van der Waals surface area contributed by atoms with E-state index >= 15 is 0 Å². The van der Waals surface area contributed by atoms with Crippen LogP contribution in [-0.2, 0) is 4.79 Å². The predicted molar refractivity (Wildman–Crippen MR) is 94.6 cm³/mol. The summed E-state index contributed by atoms with van der Waals surface area (Å²) in [5, 5.41) is 6.44. The third-order valence-electron chi connectivity index (χ3n) is 4.54. The fraction of sp³-hybridized carbons (Fsp3) is 0.389. The highest BCUT2D eigenvalue weighted by atomic mass is 16.2. The van der Waals surface area contributed by atoms with Crippen LogP contribution in [0.5, 0.6) is 0 Å². The van der Waals surface area contributed by atoms with Gasteiger partial charge < -0.3 is 20.1 Å². The van der Waals surface area contributed by atoms with Gasteiger partial charge in [0.15, 0.2) is 5.78 Å². The molecule has 3 rings (SSSR count). The number of Topliss-reactive ketones (excluding diaryl/α,β-unsaturated/α-hetero) is 1. The second-order valence-corrected chi connectivity index (χ2v) is 6.21. The van der Waals surface area contributed by atoms with Gasteiger partial charge in [0.2, 0.25) is 5.91 Å². The van der Waals surface area contributed by atoms with Crippen LogP contribution in [0.4, 0.5) is 4.79 Å². The Kier molecular flexibility index (Phi) is 4.74. The molecule has 7 heteroatoms. The monoisotopic (exact) mass is 342 g/mol. The summed E-state index contributed by atoms with van der Waals surface area (Å²) in [6, 6.07) is 7.01. The number of carbonyl (C=O) groups is 3. The van der Waals surface area contributed by atoms with Gasteiger partial charge >= 0.3 is 6.03 Å². The molecule has 1 aliphatic rings. The van der Waals surface area contributed by atoms with Crippen LogP contribution in [0, 0.1) is 0 Å². The topological polar surface area (TPSA) is 83.4 Å². The SMILES string of the molecule is CC(=O)c1cn(C(C)C(=O)NCCN2CCNC2=O)c2ccccc12. The standard InChI is InChI=1S/C18H22N4O3/c1-12(17(24)19-7-9-21-10-8-20-18(21)25)22-11-15(13(2)23)14-5-3-4-6-16(14)22/h3-6,11-12H,7-10H2,1-2H3,(H,19,24)(H,20,25). The molecule has 0 spiro atoms. The molecule has 2 heterocycles. The molecule has 0 bridgehead atoms. The number of hydrogen-bond acceptors (Lipinski definition) is 3. The number of fused-ring (bicyclic) bond motifs is 1. The zero-order chi connectivity index (χ0) is 18.0. The summed E-state index contributed by atoms with van der Waals surface area (Å²) in [6.07, 6.45) is 1.74. The van der Waals surface area contributed by atoms with Crippen molar-refractivity contribution in [2.24, 2.45) is 0 Å². The fourth-order valence-electron chi connectivity index (χ4n) is 3.12. The van der Waals surface area contributed by atoms with Gasteiger partial charge in [-0.05, 0) is 19.9 Å². The van der Waals surface area contributed by atoms with Crippen molar-refractivity contribution in [2.75, 3.05) is 26.2 Å². The first-order valence-corrected chi connectivity index (χ1v) is 8.40. The lowest BCUT2D eigenvalue weighted by Gasteiger charge is -2.18. The number of nitrogens with one attached hydrogen (secondary N) is 2. The van der Waals surface area contributed by atoms with Gasteiger partial charge in [0.05, 0.1) is 0 Å². The van der Waals surface area contributed by atoms with E-state index in [2.05, 4.69) is 10.6 Å². The summed E-state index contributed by atoms with van der Waals surface area (Å²) in [5.74, 6) is -0.168. The van der Waals surface area contributed by atoms with Crippen molar-refractivity contribution >= 4 is 28.6 Å². The molecule has 132 valence electrons. The number of aromatic nitrogens is 1. The Bertz CT molecular complexity index is 827. The number of amides is 3. The quantitative estimate of drug-likeness (QED) is 0.781. The fourth-order valence-corrected chi connectivity index (χ4v) is 3.12. The van der Waals surface area contributed by atoms with Crippen molar-refractivity contribution in [3.8, 4) is 0 Å². The Labute approximate surface area is 146 Å². The minimum atomic E-state index is -0.453. The first-order chi connectivity index (χ1) is 12.0. The molecule has 3 amide bonds. The maximum absolute atomic E-state index is 12.5. The maximum atomic E-state index is 12.5. The lowest BCUT2D eigenvalue weighted by atomic mass is 10.1. The van der Waals surface area contributed by atoms with Crippen molar-refractivity contribution in [3.05, 3.63) is 36.0 Å².